The standard InChI is InChI=1S/C13H23NO2/c1-5-11-8-7-9-14(10-11)12(15)16-13(3,4)6-2/h6,11H,2,5,7-10H2,1,3-4H3/t11-/m1/s1. The van der Waals surface area contributed by atoms with E-state index in [0.29, 0.717) is 5.92 Å². The van der Waals surface area contributed by atoms with Crippen LogP contribution in [0, 0.1) is 5.92 Å². The average Bonchev–Trinajstić information content (AvgIpc) is 2.28. The maximum Gasteiger partial charge on any atom is 0.410 e. The van der Waals surface area contributed by atoms with Crippen LogP contribution in [0.4, 0.5) is 4.79 Å². The molecule has 0 saturated carbocycles. The fourth-order valence-corrected chi connectivity index (χ4v) is 1.90. The summed E-state index contributed by atoms with van der Waals surface area (Å²) in [5.41, 5.74) is -0.573. The third-order valence-corrected chi connectivity index (χ3v) is 3.20. The van der Waals surface area contributed by atoms with Gasteiger partial charge in [0.25, 0.3) is 0 Å². The van der Waals surface area contributed by atoms with Crippen LogP contribution in [0.2, 0.25) is 0 Å². The van der Waals surface area contributed by atoms with Gasteiger partial charge >= 0.3 is 6.09 Å². The molecular weight excluding hydrogens is 202 g/mol. The highest BCUT2D eigenvalue weighted by Crippen LogP contribution is 2.21. The molecule has 0 spiro atoms. The zero-order valence-electron chi connectivity index (χ0n) is 10.7. The van der Waals surface area contributed by atoms with Crippen molar-refractivity contribution in [3.8, 4) is 0 Å². The summed E-state index contributed by atoms with van der Waals surface area (Å²) in [6, 6.07) is 0. The normalized spacial score (nSPS) is 21.7. The van der Waals surface area contributed by atoms with E-state index in [9.17, 15) is 4.79 Å². The number of nitrogens with zero attached hydrogens (tertiary/aromatic N) is 1. The molecule has 16 heavy (non-hydrogen) atoms. The van der Waals surface area contributed by atoms with Gasteiger partial charge in [-0.15, -0.1) is 0 Å². The topological polar surface area (TPSA) is 29.5 Å². The van der Waals surface area contributed by atoms with Crippen LogP contribution in [0.15, 0.2) is 12.7 Å². The second-order valence-electron chi connectivity index (χ2n) is 5.04. The average molecular weight is 225 g/mol. The number of rotatable bonds is 3. The molecule has 0 N–H and O–H groups in total. The number of ether oxygens (including phenoxy) is 1. The Hall–Kier alpha value is -0.990. The maximum absolute atomic E-state index is 11.9. The van der Waals surface area contributed by atoms with Crippen LogP contribution in [0.3, 0.4) is 0 Å². The van der Waals surface area contributed by atoms with Crippen molar-refractivity contribution in [1.82, 2.24) is 4.90 Å². The van der Waals surface area contributed by atoms with Crippen molar-refractivity contribution in [2.24, 2.45) is 5.92 Å². The van der Waals surface area contributed by atoms with Crippen LogP contribution < -0.4 is 0 Å². The van der Waals surface area contributed by atoms with E-state index >= 15 is 0 Å². The largest absolute Gasteiger partial charge is 0.439 e. The van der Waals surface area contributed by atoms with Gasteiger partial charge in [0.15, 0.2) is 0 Å². The molecule has 0 aromatic heterocycles. The minimum absolute atomic E-state index is 0.206. The lowest BCUT2D eigenvalue weighted by Crippen LogP contribution is -2.42. The van der Waals surface area contributed by atoms with Gasteiger partial charge in [-0.3, -0.25) is 0 Å². The fourth-order valence-electron chi connectivity index (χ4n) is 1.90. The van der Waals surface area contributed by atoms with Crippen LogP contribution in [0.1, 0.15) is 40.0 Å². The summed E-state index contributed by atoms with van der Waals surface area (Å²) in [4.78, 5) is 13.7. The van der Waals surface area contributed by atoms with E-state index in [-0.39, 0.29) is 6.09 Å². The SMILES string of the molecule is C=CC(C)(C)OC(=O)N1CCC[C@@H](CC)C1. The maximum atomic E-state index is 11.9. The van der Waals surface area contributed by atoms with E-state index in [2.05, 4.69) is 13.5 Å². The molecule has 0 bridgehead atoms. The van der Waals surface area contributed by atoms with Crippen molar-refractivity contribution < 1.29 is 9.53 Å². The van der Waals surface area contributed by atoms with Crippen molar-refractivity contribution in [2.75, 3.05) is 13.1 Å². The Kier molecular flexibility index (Phi) is 4.39. The van der Waals surface area contributed by atoms with Crippen LogP contribution in [-0.4, -0.2) is 29.7 Å². The second kappa shape index (κ2) is 5.37. The summed E-state index contributed by atoms with van der Waals surface area (Å²) in [6.07, 6.45) is 4.90. The lowest BCUT2D eigenvalue weighted by Gasteiger charge is -2.33. The van der Waals surface area contributed by atoms with E-state index in [1.165, 1.54) is 6.42 Å². The molecule has 0 aliphatic carbocycles. The Labute approximate surface area is 98.5 Å². The molecule has 1 amide bonds. The van der Waals surface area contributed by atoms with E-state index < -0.39 is 5.60 Å². The Morgan fingerprint density at radius 2 is 2.31 bits per heavy atom. The van der Waals surface area contributed by atoms with Crippen LogP contribution in [-0.2, 0) is 4.74 Å². The number of hydrogen-bond acceptors (Lipinski definition) is 2. The number of carbonyl (C=O) groups excluding carboxylic acids is 1. The highest BCUT2D eigenvalue weighted by atomic mass is 16.6. The van der Waals surface area contributed by atoms with E-state index in [0.717, 1.165) is 25.9 Å². The molecular formula is C13H23NO2. The zero-order chi connectivity index (χ0) is 12.2. The number of amides is 1. The van der Waals surface area contributed by atoms with Crippen molar-refractivity contribution in [3.05, 3.63) is 12.7 Å². The zero-order valence-corrected chi connectivity index (χ0v) is 10.7. The Morgan fingerprint density at radius 3 is 2.88 bits per heavy atom. The molecule has 1 atom stereocenters. The lowest BCUT2D eigenvalue weighted by molar-refractivity contribution is 0.0311. The molecule has 1 saturated heterocycles. The molecule has 1 rings (SSSR count). The highest BCUT2D eigenvalue weighted by Gasteiger charge is 2.27. The first-order chi connectivity index (χ1) is 7.48. The number of likely N-dealkylation sites (tertiary alicyclic amines) is 1. The fraction of sp³-hybridized carbons (Fsp3) is 0.769. The molecule has 1 fully saturated rings. The van der Waals surface area contributed by atoms with E-state index in [1.807, 2.05) is 18.7 Å². The first kappa shape index (κ1) is 13.1. The monoisotopic (exact) mass is 225 g/mol. The smallest absolute Gasteiger partial charge is 0.410 e. The summed E-state index contributed by atoms with van der Waals surface area (Å²) in [5, 5.41) is 0. The van der Waals surface area contributed by atoms with E-state index in [1.54, 1.807) is 6.08 Å². The van der Waals surface area contributed by atoms with E-state index in [4.69, 9.17) is 4.74 Å². The Morgan fingerprint density at radius 1 is 1.62 bits per heavy atom. The number of piperidine rings is 1. The minimum Gasteiger partial charge on any atom is -0.439 e. The summed E-state index contributed by atoms with van der Waals surface area (Å²) in [7, 11) is 0. The van der Waals surface area contributed by atoms with Gasteiger partial charge in [0.2, 0.25) is 0 Å². The summed E-state index contributed by atoms with van der Waals surface area (Å²) in [6.45, 7) is 11.2. The molecule has 3 nitrogen and oxygen atoms in total. The molecule has 0 aromatic rings. The molecule has 92 valence electrons. The van der Waals surface area contributed by atoms with Crippen LogP contribution in [0.5, 0.6) is 0 Å². The van der Waals surface area contributed by atoms with Gasteiger partial charge in [-0.1, -0.05) is 19.9 Å². The number of carbonyl (C=O) groups is 1. The van der Waals surface area contributed by atoms with Crippen molar-refractivity contribution in [3.63, 3.8) is 0 Å². The third-order valence-electron chi connectivity index (χ3n) is 3.20. The Balaban J connectivity index is 2.50. The van der Waals surface area contributed by atoms with Gasteiger partial charge in [0.05, 0.1) is 0 Å². The van der Waals surface area contributed by atoms with Crippen LogP contribution >= 0.6 is 0 Å². The Bertz CT molecular complexity index is 261. The highest BCUT2D eigenvalue weighted by molar-refractivity contribution is 5.68. The van der Waals surface area contributed by atoms with Crippen molar-refractivity contribution in [2.45, 2.75) is 45.6 Å². The van der Waals surface area contributed by atoms with Gasteiger partial charge in [-0.25, -0.2) is 4.79 Å². The quantitative estimate of drug-likeness (QED) is 0.690. The number of hydrogen-bond donors (Lipinski definition) is 0. The van der Waals surface area contributed by atoms with Gasteiger partial charge in [0, 0.05) is 13.1 Å². The molecule has 0 radical (unpaired) electrons. The first-order valence-electron chi connectivity index (χ1n) is 6.10. The molecule has 0 aromatic carbocycles. The predicted molar refractivity (Wildman–Crippen MR) is 65.3 cm³/mol. The van der Waals surface area contributed by atoms with Crippen LogP contribution in [0.25, 0.3) is 0 Å². The minimum atomic E-state index is -0.573. The first-order valence-corrected chi connectivity index (χ1v) is 6.10. The third kappa shape index (κ3) is 3.54. The summed E-state index contributed by atoms with van der Waals surface area (Å²) in [5.74, 6) is 0.633. The lowest BCUT2D eigenvalue weighted by atomic mass is 9.96. The van der Waals surface area contributed by atoms with Gasteiger partial charge in [-0.2, -0.15) is 0 Å². The molecule has 1 heterocycles. The molecule has 3 heteroatoms. The summed E-state index contributed by atoms with van der Waals surface area (Å²) >= 11 is 0. The predicted octanol–water partition coefficient (Wildman–Crippen LogP) is 3.21. The van der Waals surface area contributed by atoms with Gasteiger partial charge in [0.1, 0.15) is 5.60 Å². The molecule has 1 aliphatic rings. The molecule has 1 aliphatic heterocycles. The molecule has 0 unspecified atom stereocenters. The van der Waals surface area contributed by atoms with Gasteiger partial charge in [-0.05, 0) is 38.7 Å². The van der Waals surface area contributed by atoms with Gasteiger partial charge < -0.3 is 9.64 Å². The summed E-state index contributed by atoms with van der Waals surface area (Å²) < 4.78 is 5.39. The van der Waals surface area contributed by atoms with Crippen molar-refractivity contribution >= 4 is 6.09 Å². The second-order valence-corrected chi connectivity index (χ2v) is 5.04. The van der Waals surface area contributed by atoms with Crippen molar-refractivity contribution in [1.29, 1.82) is 0 Å².